The molecule has 0 spiro atoms. The number of fused-ring (bicyclic) bond motifs is 8. The summed E-state index contributed by atoms with van der Waals surface area (Å²) in [5, 5.41) is 9.43. The third-order valence-electron chi connectivity index (χ3n) is 10.0. The fraction of sp³-hybridized carbons (Fsp3) is 0. The molecular weight excluding hydrogens is 607 g/mol. The van der Waals surface area contributed by atoms with Gasteiger partial charge in [0.05, 0.1) is 5.69 Å². The van der Waals surface area contributed by atoms with E-state index >= 15 is 0 Å². The first kappa shape index (κ1) is 28.4. The zero-order valence-electron chi connectivity index (χ0n) is 27.3. The molecule has 0 saturated carbocycles. The summed E-state index contributed by atoms with van der Waals surface area (Å²) in [6.45, 7) is 0. The number of rotatable bonds is 5. The van der Waals surface area contributed by atoms with Crippen LogP contribution in [0.4, 0.5) is 17.1 Å². The summed E-state index contributed by atoms with van der Waals surface area (Å²) >= 11 is 0. The molecule has 1 heterocycles. The Morgan fingerprint density at radius 2 is 0.880 bits per heavy atom. The standard InChI is InChI=1S/C48H31NO/c1-2-10-32(11-3-1)33-18-20-34(21-19-33)35-22-26-38(27-23-35)49(46-30-37-12-4-5-13-40(37)41-14-6-7-15-42(41)46)39-28-24-36-25-29-44-43-16-8-9-17-47(43)50-48(44)45(36)31-39/h1-31H. The van der Waals surface area contributed by atoms with Crippen LogP contribution in [0, 0.1) is 0 Å². The molecule has 9 aromatic carbocycles. The van der Waals surface area contributed by atoms with Crippen molar-refractivity contribution in [3.63, 3.8) is 0 Å². The summed E-state index contributed by atoms with van der Waals surface area (Å²) in [5.41, 5.74) is 9.94. The van der Waals surface area contributed by atoms with E-state index in [1.807, 2.05) is 6.07 Å². The quantitative estimate of drug-likeness (QED) is 0.175. The molecule has 0 atom stereocenters. The maximum atomic E-state index is 6.52. The Hall–Kier alpha value is -6.64. The second kappa shape index (κ2) is 11.5. The summed E-state index contributed by atoms with van der Waals surface area (Å²) < 4.78 is 6.52. The van der Waals surface area contributed by atoms with E-state index in [4.69, 9.17) is 4.42 Å². The van der Waals surface area contributed by atoms with Gasteiger partial charge in [-0.15, -0.1) is 0 Å². The molecule has 0 fully saturated rings. The van der Waals surface area contributed by atoms with Gasteiger partial charge in [0, 0.05) is 32.9 Å². The molecule has 0 amide bonds. The minimum atomic E-state index is 0.908. The molecule has 1 aromatic heterocycles. The van der Waals surface area contributed by atoms with Crippen LogP contribution < -0.4 is 4.90 Å². The molecule has 0 bridgehead atoms. The van der Waals surface area contributed by atoms with Crippen LogP contribution in [0.5, 0.6) is 0 Å². The smallest absolute Gasteiger partial charge is 0.143 e. The van der Waals surface area contributed by atoms with Crippen molar-refractivity contribution in [1.29, 1.82) is 0 Å². The highest BCUT2D eigenvalue weighted by atomic mass is 16.3. The molecule has 0 aliphatic rings. The van der Waals surface area contributed by atoms with Crippen molar-refractivity contribution in [3.05, 3.63) is 188 Å². The van der Waals surface area contributed by atoms with Crippen LogP contribution in [0.2, 0.25) is 0 Å². The molecule has 0 N–H and O–H groups in total. The molecule has 50 heavy (non-hydrogen) atoms. The number of hydrogen-bond donors (Lipinski definition) is 0. The van der Waals surface area contributed by atoms with Crippen molar-refractivity contribution in [1.82, 2.24) is 0 Å². The number of anilines is 3. The van der Waals surface area contributed by atoms with Gasteiger partial charge in [0.15, 0.2) is 0 Å². The first-order valence-electron chi connectivity index (χ1n) is 17.1. The minimum absolute atomic E-state index is 0.908. The molecule has 10 rings (SSSR count). The van der Waals surface area contributed by atoms with E-state index in [0.29, 0.717) is 0 Å². The third-order valence-corrected chi connectivity index (χ3v) is 10.0. The number of para-hydroxylation sites is 1. The van der Waals surface area contributed by atoms with E-state index < -0.39 is 0 Å². The van der Waals surface area contributed by atoms with Gasteiger partial charge in [-0.1, -0.05) is 146 Å². The molecule has 10 aromatic rings. The van der Waals surface area contributed by atoms with Crippen LogP contribution in [0.3, 0.4) is 0 Å². The lowest BCUT2D eigenvalue weighted by Crippen LogP contribution is -2.10. The van der Waals surface area contributed by atoms with Crippen LogP contribution in [-0.4, -0.2) is 0 Å². The molecule has 2 heteroatoms. The summed E-state index contributed by atoms with van der Waals surface area (Å²) in [4.78, 5) is 2.40. The summed E-state index contributed by atoms with van der Waals surface area (Å²) in [5.74, 6) is 0. The van der Waals surface area contributed by atoms with Gasteiger partial charge in [-0.2, -0.15) is 0 Å². The number of hydrogen-bond acceptors (Lipinski definition) is 2. The van der Waals surface area contributed by atoms with E-state index in [1.165, 1.54) is 43.8 Å². The second-order valence-corrected chi connectivity index (χ2v) is 12.9. The van der Waals surface area contributed by atoms with Crippen molar-refractivity contribution >= 4 is 71.3 Å². The van der Waals surface area contributed by atoms with E-state index in [2.05, 4.69) is 187 Å². The average molecular weight is 638 g/mol. The fourth-order valence-corrected chi connectivity index (χ4v) is 7.56. The zero-order valence-corrected chi connectivity index (χ0v) is 27.3. The van der Waals surface area contributed by atoms with Gasteiger partial charge in [-0.3, -0.25) is 0 Å². The molecule has 0 radical (unpaired) electrons. The van der Waals surface area contributed by atoms with Crippen LogP contribution >= 0.6 is 0 Å². The molecule has 0 aliphatic carbocycles. The largest absolute Gasteiger partial charge is 0.455 e. The molecule has 0 aliphatic heterocycles. The van der Waals surface area contributed by atoms with Crippen LogP contribution in [0.25, 0.3) is 76.5 Å². The lowest BCUT2D eigenvalue weighted by Gasteiger charge is -2.28. The van der Waals surface area contributed by atoms with Crippen LogP contribution in [0.15, 0.2) is 192 Å². The summed E-state index contributed by atoms with van der Waals surface area (Å²) in [7, 11) is 0. The lowest BCUT2D eigenvalue weighted by molar-refractivity contribution is 0.672. The molecule has 2 nitrogen and oxygen atoms in total. The predicted octanol–water partition coefficient (Wildman–Crippen LogP) is 13.8. The Morgan fingerprint density at radius 3 is 1.64 bits per heavy atom. The SMILES string of the molecule is c1ccc(-c2ccc(-c3ccc(N(c4ccc5ccc6c7ccccc7oc6c5c4)c4cc5ccccc5c5ccccc45)cc3)cc2)cc1. The topological polar surface area (TPSA) is 16.4 Å². The van der Waals surface area contributed by atoms with E-state index in [9.17, 15) is 0 Å². The third kappa shape index (κ3) is 4.65. The van der Waals surface area contributed by atoms with Crippen molar-refractivity contribution in [2.24, 2.45) is 0 Å². The maximum absolute atomic E-state index is 6.52. The minimum Gasteiger partial charge on any atom is -0.455 e. The average Bonchev–Trinajstić information content (AvgIpc) is 3.58. The van der Waals surface area contributed by atoms with Crippen LogP contribution in [0.1, 0.15) is 0 Å². The Kier molecular flexibility index (Phi) is 6.53. The van der Waals surface area contributed by atoms with Gasteiger partial charge in [-0.25, -0.2) is 0 Å². The predicted molar refractivity (Wildman–Crippen MR) is 212 cm³/mol. The number of nitrogens with zero attached hydrogens (tertiary/aromatic N) is 1. The second-order valence-electron chi connectivity index (χ2n) is 12.9. The van der Waals surface area contributed by atoms with Gasteiger partial charge in [0.25, 0.3) is 0 Å². The van der Waals surface area contributed by atoms with Crippen molar-refractivity contribution < 1.29 is 4.42 Å². The highest BCUT2D eigenvalue weighted by molar-refractivity contribution is 6.17. The Labute approximate surface area is 290 Å². The summed E-state index contributed by atoms with van der Waals surface area (Å²) in [6.07, 6.45) is 0. The highest BCUT2D eigenvalue weighted by Gasteiger charge is 2.19. The maximum Gasteiger partial charge on any atom is 0.143 e. The molecule has 0 saturated heterocycles. The Morgan fingerprint density at radius 1 is 0.320 bits per heavy atom. The zero-order chi connectivity index (χ0) is 33.0. The number of benzene rings is 9. The normalized spacial score (nSPS) is 11.6. The Bertz CT molecular complexity index is 2850. The van der Waals surface area contributed by atoms with Gasteiger partial charge in [0.1, 0.15) is 11.2 Å². The van der Waals surface area contributed by atoms with Gasteiger partial charge in [0.2, 0.25) is 0 Å². The lowest BCUT2D eigenvalue weighted by atomic mass is 9.98. The van der Waals surface area contributed by atoms with Crippen LogP contribution in [-0.2, 0) is 0 Å². The van der Waals surface area contributed by atoms with E-state index in [1.54, 1.807) is 0 Å². The van der Waals surface area contributed by atoms with Gasteiger partial charge < -0.3 is 9.32 Å². The van der Waals surface area contributed by atoms with Crippen molar-refractivity contribution in [3.8, 4) is 22.3 Å². The molecule has 0 unspecified atom stereocenters. The number of furan rings is 1. The van der Waals surface area contributed by atoms with Gasteiger partial charge >= 0.3 is 0 Å². The van der Waals surface area contributed by atoms with E-state index in [-0.39, 0.29) is 0 Å². The monoisotopic (exact) mass is 637 g/mol. The molecular formula is C48H31NO. The van der Waals surface area contributed by atoms with Crippen molar-refractivity contribution in [2.45, 2.75) is 0 Å². The highest BCUT2D eigenvalue weighted by Crippen LogP contribution is 2.44. The van der Waals surface area contributed by atoms with Gasteiger partial charge in [-0.05, 0) is 86.3 Å². The first-order valence-corrected chi connectivity index (χ1v) is 17.1. The van der Waals surface area contributed by atoms with E-state index in [0.717, 1.165) is 49.8 Å². The Balaban J connectivity index is 1.16. The van der Waals surface area contributed by atoms with Crippen molar-refractivity contribution in [2.75, 3.05) is 4.90 Å². The summed E-state index contributed by atoms with van der Waals surface area (Å²) in [6, 6.07) is 67.5. The molecule has 234 valence electrons. The first-order chi connectivity index (χ1) is 24.8. The fourth-order valence-electron chi connectivity index (χ4n) is 7.56.